The van der Waals surface area contributed by atoms with E-state index >= 15 is 0 Å². The molecule has 0 aliphatic rings. The number of halogens is 1. The Morgan fingerprint density at radius 2 is 1.38 bits per heavy atom. The highest BCUT2D eigenvalue weighted by Crippen LogP contribution is 2.22. The van der Waals surface area contributed by atoms with Gasteiger partial charge in [0.25, 0.3) is 5.88 Å². The van der Waals surface area contributed by atoms with Gasteiger partial charge in [-0.3, -0.25) is 4.79 Å². The molecular formula is C29H24FN3O4. The summed E-state index contributed by atoms with van der Waals surface area (Å²) >= 11 is 0. The summed E-state index contributed by atoms with van der Waals surface area (Å²) < 4.78 is 27.9. The smallest absolute Gasteiger partial charge is 0.349 e. The Labute approximate surface area is 212 Å². The van der Waals surface area contributed by atoms with Gasteiger partial charge in [-0.1, -0.05) is 91.0 Å². The minimum atomic E-state index is -0.686. The summed E-state index contributed by atoms with van der Waals surface area (Å²) in [5, 5.41) is 5.33. The molecule has 37 heavy (non-hydrogen) atoms. The van der Waals surface area contributed by atoms with E-state index < -0.39 is 11.2 Å². The predicted octanol–water partition coefficient (Wildman–Crippen LogP) is 4.50. The first kappa shape index (κ1) is 24.1. The number of hydrogen-bond acceptors (Lipinski definition) is 5. The molecule has 0 atom stereocenters. The fraction of sp³-hybridized carbons (Fsp3) is 0.138. The van der Waals surface area contributed by atoms with Crippen LogP contribution in [0.15, 0.2) is 107 Å². The highest BCUT2D eigenvalue weighted by Gasteiger charge is 2.16. The molecule has 0 saturated carbocycles. The van der Waals surface area contributed by atoms with E-state index in [0.717, 1.165) is 20.4 Å². The Balaban J connectivity index is 1.49. The van der Waals surface area contributed by atoms with E-state index in [0.29, 0.717) is 16.3 Å². The van der Waals surface area contributed by atoms with Crippen molar-refractivity contribution >= 4 is 10.8 Å². The first-order valence-corrected chi connectivity index (χ1v) is 11.8. The first-order valence-electron chi connectivity index (χ1n) is 11.8. The summed E-state index contributed by atoms with van der Waals surface area (Å²) in [5.41, 5.74) is 1.09. The van der Waals surface area contributed by atoms with Gasteiger partial charge in [0, 0.05) is 5.39 Å². The van der Waals surface area contributed by atoms with Crippen molar-refractivity contribution in [1.29, 1.82) is 0 Å². The lowest BCUT2D eigenvalue weighted by Gasteiger charge is -2.14. The Bertz CT molecular complexity index is 1630. The van der Waals surface area contributed by atoms with Gasteiger partial charge in [0.15, 0.2) is 0 Å². The lowest BCUT2D eigenvalue weighted by molar-refractivity contribution is 0.0558. The molecule has 0 aliphatic carbocycles. The zero-order valence-electron chi connectivity index (χ0n) is 19.9. The van der Waals surface area contributed by atoms with Crippen LogP contribution in [0.2, 0.25) is 0 Å². The zero-order chi connectivity index (χ0) is 25.6. The highest BCUT2D eigenvalue weighted by molar-refractivity contribution is 5.86. The maximum Gasteiger partial charge on any atom is 0.349 e. The third kappa shape index (κ3) is 5.49. The van der Waals surface area contributed by atoms with Crippen molar-refractivity contribution in [2.45, 2.75) is 26.5 Å². The first-order chi connectivity index (χ1) is 18.1. The minimum Gasteiger partial charge on any atom is -0.468 e. The second kappa shape index (κ2) is 11.0. The summed E-state index contributed by atoms with van der Waals surface area (Å²) in [6.45, 7) is 0.0602. The molecule has 1 heterocycles. The van der Waals surface area contributed by atoms with E-state index in [4.69, 9.17) is 9.47 Å². The summed E-state index contributed by atoms with van der Waals surface area (Å²) in [7, 11) is 0. The molecule has 0 amide bonds. The maximum absolute atomic E-state index is 14.3. The van der Waals surface area contributed by atoms with E-state index in [-0.39, 0.29) is 38.2 Å². The Morgan fingerprint density at radius 3 is 2.11 bits per heavy atom. The number of nitrogens with zero attached hydrogens (tertiary/aromatic N) is 3. The van der Waals surface area contributed by atoms with E-state index in [1.54, 1.807) is 30.3 Å². The topological polar surface area (TPSA) is 75.4 Å². The van der Waals surface area contributed by atoms with Gasteiger partial charge in [0.05, 0.1) is 13.2 Å². The molecule has 0 radical (unpaired) electrons. The van der Waals surface area contributed by atoms with Gasteiger partial charge in [-0.15, -0.1) is 5.10 Å². The van der Waals surface area contributed by atoms with Crippen LogP contribution in [0.4, 0.5) is 4.39 Å². The third-order valence-electron chi connectivity index (χ3n) is 5.92. The maximum atomic E-state index is 14.3. The van der Waals surface area contributed by atoms with Crippen LogP contribution in [0, 0.1) is 5.82 Å². The van der Waals surface area contributed by atoms with Crippen molar-refractivity contribution in [1.82, 2.24) is 14.3 Å². The SMILES string of the molecule is O=c1c(OCc2ccccc2)nn(Cc2cccc3c(F)cccc23)c(=O)n1COCc1ccccc1. The van der Waals surface area contributed by atoms with Gasteiger partial charge < -0.3 is 9.47 Å². The molecule has 8 heteroatoms. The summed E-state index contributed by atoms with van der Waals surface area (Å²) in [6.07, 6.45) is 0. The van der Waals surface area contributed by atoms with Gasteiger partial charge in [-0.2, -0.15) is 0 Å². The average Bonchev–Trinajstić information content (AvgIpc) is 2.93. The van der Waals surface area contributed by atoms with E-state index in [1.807, 2.05) is 60.7 Å². The molecule has 1 aromatic heterocycles. The van der Waals surface area contributed by atoms with Crippen LogP contribution in [-0.4, -0.2) is 14.3 Å². The fourth-order valence-corrected chi connectivity index (χ4v) is 4.04. The molecule has 0 bridgehead atoms. The number of hydrogen-bond donors (Lipinski definition) is 0. The van der Waals surface area contributed by atoms with Crippen molar-refractivity contribution in [2.24, 2.45) is 0 Å². The van der Waals surface area contributed by atoms with Gasteiger partial charge >= 0.3 is 11.2 Å². The quantitative estimate of drug-likeness (QED) is 0.300. The van der Waals surface area contributed by atoms with Crippen molar-refractivity contribution in [3.63, 3.8) is 0 Å². The fourth-order valence-electron chi connectivity index (χ4n) is 4.04. The number of ether oxygens (including phenoxy) is 2. The Hall–Kier alpha value is -4.56. The molecule has 5 rings (SSSR count). The lowest BCUT2D eigenvalue weighted by Crippen LogP contribution is -2.42. The summed E-state index contributed by atoms with van der Waals surface area (Å²) in [5.74, 6) is -0.580. The van der Waals surface area contributed by atoms with Crippen LogP contribution in [0.5, 0.6) is 5.88 Å². The normalized spacial score (nSPS) is 11.1. The average molecular weight is 498 g/mol. The molecule has 0 fully saturated rings. The number of benzene rings is 4. The standard InChI is InChI=1S/C29H24FN3O4/c30-26-16-8-14-24-23(13-7-15-25(24)26)17-33-29(35)32(20-36-18-21-9-3-1-4-10-21)28(34)27(31-33)37-19-22-11-5-2-6-12-22/h1-16H,17-20H2. The van der Waals surface area contributed by atoms with Crippen LogP contribution in [-0.2, 0) is 31.2 Å². The van der Waals surface area contributed by atoms with Crippen molar-refractivity contribution in [3.8, 4) is 5.88 Å². The van der Waals surface area contributed by atoms with Crippen LogP contribution >= 0.6 is 0 Å². The molecule has 7 nitrogen and oxygen atoms in total. The molecular weight excluding hydrogens is 473 g/mol. The molecule has 0 spiro atoms. The summed E-state index contributed by atoms with van der Waals surface area (Å²) in [4.78, 5) is 26.5. The molecule has 186 valence electrons. The Kier molecular flexibility index (Phi) is 7.19. The van der Waals surface area contributed by atoms with Crippen LogP contribution in [0.3, 0.4) is 0 Å². The van der Waals surface area contributed by atoms with Gasteiger partial charge in [-0.05, 0) is 28.1 Å². The van der Waals surface area contributed by atoms with Crippen molar-refractivity contribution in [3.05, 3.63) is 140 Å². The van der Waals surface area contributed by atoms with E-state index in [2.05, 4.69) is 5.10 Å². The molecule has 5 aromatic rings. The van der Waals surface area contributed by atoms with Crippen molar-refractivity contribution in [2.75, 3.05) is 0 Å². The molecule has 0 unspecified atom stereocenters. The monoisotopic (exact) mass is 497 g/mol. The van der Waals surface area contributed by atoms with Crippen molar-refractivity contribution < 1.29 is 13.9 Å². The second-order valence-electron chi connectivity index (χ2n) is 8.47. The molecule has 4 aromatic carbocycles. The highest BCUT2D eigenvalue weighted by atomic mass is 19.1. The second-order valence-corrected chi connectivity index (χ2v) is 8.47. The Morgan fingerprint density at radius 1 is 0.730 bits per heavy atom. The number of rotatable bonds is 9. The van der Waals surface area contributed by atoms with E-state index in [9.17, 15) is 14.0 Å². The third-order valence-corrected chi connectivity index (χ3v) is 5.92. The number of aromatic nitrogens is 3. The van der Waals surface area contributed by atoms with Gasteiger partial charge in [0.1, 0.15) is 19.2 Å². The lowest BCUT2D eigenvalue weighted by atomic mass is 10.0. The largest absolute Gasteiger partial charge is 0.468 e. The van der Waals surface area contributed by atoms with Crippen LogP contribution in [0.1, 0.15) is 16.7 Å². The number of fused-ring (bicyclic) bond motifs is 1. The van der Waals surface area contributed by atoms with Gasteiger partial charge in [0.2, 0.25) is 0 Å². The van der Waals surface area contributed by atoms with Gasteiger partial charge in [-0.25, -0.2) is 18.4 Å². The zero-order valence-corrected chi connectivity index (χ0v) is 19.9. The molecule has 0 N–H and O–H groups in total. The van der Waals surface area contributed by atoms with Crippen LogP contribution in [0.25, 0.3) is 10.8 Å². The van der Waals surface area contributed by atoms with E-state index in [1.165, 1.54) is 6.07 Å². The van der Waals surface area contributed by atoms with Crippen LogP contribution < -0.4 is 16.0 Å². The minimum absolute atomic E-state index is 0.0142. The molecule has 0 aliphatic heterocycles. The molecule has 0 saturated heterocycles. The predicted molar refractivity (Wildman–Crippen MR) is 138 cm³/mol. The summed E-state index contributed by atoms with van der Waals surface area (Å²) in [6, 6.07) is 28.7.